The standard InChI is InChI=1S/C25H23FN2O5/c26-19-8-4-17(5-9-19)14-20(29)15-18-6-10-21(11-7-18)33-22-12-13-27-23(16-22)28-24(30)2-1-3-25(31)32/h4-13,16H,1-3,14-15H2,(H,31,32)(H,27,28,30). The van der Waals surface area contributed by atoms with Gasteiger partial charge in [0.1, 0.15) is 28.9 Å². The third-order valence-electron chi connectivity index (χ3n) is 4.67. The maximum atomic E-state index is 13.0. The number of amides is 1. The van der Waals surface area contributed by atoms with Gasteiger partial charge in [0.2, 0.25) is 5.91 Å². The number of rotatable bonds is 11. The Labute approximate surface area is 190 Å². The van der Waals surface area contributed by atoms with Gasteiger partial charge in [0, 0.05) is 37.9 Å². The molecule has 7 nitrogen and oxygen atoms in total. The zero-order valence-corrected chi connectivity index (χ0v) is 17.8. The molecule has 0 aliphatic heterocycles. The van der Waals surface area contributed by atoms with E-state index in [1.165, 1.54) is 18.3 Å². The van der Waals surface area contributed by atoms with Gasteiger partial charge in [0.05, 0.1) is 0 Å². The summed E-state index contributed by atoms with van der Waals surface area (Å²) in [7, 11) is 0. The van der Waals surface area contributed by atoms with Crippen LogP contribution >= 0.6 is 0 Å². The Hall–Kier alpha value is -4.07. The zero-order valence-electron chi connectivity index (χ0n) is 17.8. The number of benzene rings is 2. The first-order valence-corrected chi connectivity index (χ1v) is 10.4. The zero-order chi connectivity index (χ0) is 23.6. The molecule has 1 amide bonds. The number of aromatic nitrogens is 1. The number of carboxylic acid groups (broad SMARTS) is 1. The van der Waals surface area contributed by atoms with Gasteiger partial charge >= 0.3 is 5.97 Å². The predicted octanol–water partition coefficient (Wildman–Crippen LogP) is 4.56. The van der Waals surface area contributed by atoms with Crippen molar-refractivity contribution in [2.24, 2.45) is 0 Å². The fourth-order valence-corrected chi connectivity index (χ4v) is 3.08. The van der Waals surface area contributed by atoms with Crippen LogP contribution in [0, 0.1) is 5.82 Å². The summed E-state index contributed by atoms with van der Waals surface area (Å²) >= 11 is 0. The molecule has 0 spiro atoms. The highest BCUT2D eigenvalue weighted by molar-refractivity contribution is 5.90. The Balaban J connectivity index is 1.51. The topological polar surface area (TPSA) is 106 Å². The molecule has 2 N–H and O–H groups in total. The number of nitrogens with one attached hydrogen (secondary N) is 1. The second-order valence-electron chi connectivity index (χ2n) is 7.44. The van der Waals surface area contributed by atoms with Gasteiger partial charge in [-0.15, -0.1) is 0 Å². The van der Waals surface area contributed by atoms with Crippen molar-refractivity contribution in [3.8, 4) is 11.5 Å². The minimum absolute atomic E-state index is 0.0214. The first-order chi connectivity index (χ1) is 15.9. The Bertz CT molecular complexity index is 1110. The van der Waals surface area contributed by atoms with E-state index in [-0.39, 0.29) is 49.6 Å². The van der Waals surface area contributed by atoms with Gasteiger partial charge in [-0.25, -0.2) is 9.37 Å². The summed E-state index contributed by atoms with van der Waals surface area (Å²) in [4.78, 5) is 38.8. The molecule has 3 rings (SSSR count). The summed E-state index contributed by atoms with van der Waals surface area (Å²) in [6.07, 6.45) is 2.24. The van der Waals surface area contributed by atoms with Crippen LogP contribution in [0.5, 0.6) is 11.5 Å². The van der Waals surface area contributed by atoms with Crippen molar-refractivity contribution in [3.63, 3.8) is 0 Å². The van der Waals surface area contributed by atoms with E-state index < -0.39 is 5.97 Å². The largest absolute Gasteiger partial charge is 0.481 e. The molecule has 33 heavy (non-hydrogen) atoms. The molecule has 0 aliphatic rings. The molecule has 0 aliphatic carbocycles. The third kappa shape index (κ3) is 8.17. The van der Waals surface area contributed by atoms with Gasteiger partial charge in [-0.3, -0.25) is 14.4 Å². The van der Waals surface area contributed by atoms with Crippen LogP contribution in [0.1, 0.15) is 30.4 Å². The Morgan fingerprint density at radius 3 is 2.15 bits per heavy atom. The third-order valence-corrected chi connectivity index (χ3v) is 4.67. The number of carboxylic acids is 1. The highest BCUT2D eigenvalue weighted by Gasteiger charge is 2.08. The van der Waals surface area contributed by atoms with Crippen LogP contribution in [-0.4, -0.2) is 27.8 Å². The van der Waals surface area contributed by atoms with E-state index in [0.717, 1.165) is 11.1 Å². The number of Topliss-reactive ketones (excluding diaryl/α,β-unsaturated/α-hetero) is 1. The van der Waals surface area contributed by atoms with Crippen molar-refractivity contribution in [1.82, 2.24) is 4.98 Å². The van der Waals surface area contributed by atoms with E-state index in [1.807, 2.05) is 0 Å². The van der Waals surface area contributed by atoms with Gasteiger partial charge in [-0.2, -0.15) is 0 Å². The molecule has 0 atom stereocenters. The number of hydrogen-bond donors (Lipinski definition) is 2. The van der Waals surface area contributed by atoms with Crippen LogP contribution in [0.4, 0.5) is 10.2 Å². The number of halogens is 1. The lowest BCUT2D eigenvalue weighted by Crippen LogP contribution is -2.12. The first kappa shape index (κ1) is 23.6. The highest BCUT2D eigenvalue weighted by Crippen LogP contribution is 2.23. The minimum atomic E-state index is -0.945. The molecule has 2 aromatic carbocycles. The average Bonchev–Trinajstić information content (AvgIpc) is 2.77. The number of aliphatic carboxylic acids is 1. The lowest BCUT2D eigenvalue weighted by Gasteiger charge is -2.09. The number of carbonyl (C=O) groups is 3. The van der Waals surface area contributed by atoms with E-state index in [9.17, 15) is 18.8 Å². The van der Waals surface area contributed by atoms with Gasteiger partial charge in [-0.1, -0.05) is 24.3 Å². The Kier molecular flexibility index (Phi) is 8.24. The van der Waals surface area contributed by atoms with Crippen LogP contribution < -0.4 is 10.1 Å². The van der Waals surface area contributed by atoms with Crippen LogP contribution in [0.3, 0.4) is 0 Å². The molecule has 0 unspecified atom stereocenters. The number of ether oxygens (including phenoxy) is 1. The number of pyridine rings is 1. The molecule has 0 saturated carbocycles. The average molecular weight is 450 g/mol. The second kappa shape index (κ2) is 11.5. The summed E-state index contributed by atoms with van der Waals surface area (Å²) in [6.45, 7) is 0. The first-order valence-electron chi connectivity index (χ1n) is 10.4. The summed E-state index contributed by atoms with van der Waals surface area (Å²) in [5, 5.41) is 11.2. The number of ketones is 1. The van der Waals surface area contributed by atoms with E-state index >= 15 is 0 Å². The van der Waals surface area contributed by atoms with E-state index in [0.29, 0.717) is 17.3 Å². The number of hydrogen-bond acceptors (Lipinski definition) is 5. The van der Waals surface area contributed by atoms with Crippen molar-refractivity contribution in [2.45, 2.75) is 32.1 Å². The normalized spacial score (nSPS) is 10.5. The second-order valence-corrected chi connectivity index (χ2v) is 7.44. The van der Waals surface area contributed by atoms with E-state index in [4.69, 9.17) is 9.84 Å². The maximum absolute atomic E-state index is 13.0. The van der Waals surface area contributed by atoms with Crippen LogP contribution in [0.25, 0.3) is 0 Å². The van der Waals surface area contributed by atoms with Crippen LogP contribution in [0.2, 0.25) is 0 Å². The number of nitrogens with zero attached hydrogens (tertiary/aromatic N) is 1. The number of anilines is 1. The number of carbonyl (C=O) groups excluding carboxylic acids is 2. The molecular formula is C25H23FN2O5. The molecule has 1 aromatic heterocycles. The van der Waals surface area contributed by atoms with Crippen molar-refractivity contribution in [1.29, 1.82) is 0 Å². The lowest BCUT2D eigenvalue weighted by molar-refractivity contribution is -0.137. The summed E-state index contributed by atoms with van der Waals surface area (Å²) < 4.78 is 18.8. The van der Waals surface area contributed by atoms with Crippen LogP contribution in [0.15, 0.2) is 66.9 Å². The summed E-state index contributed by atoms with van der Waals surface area (Å²) in [6, 6.07) is 16.2. The maximum Gasteiger partial charge on any atom is 0.303 e. The molecule has 0 radical (unpaired) electrons. The lowest BCUT2D eigenvalue weighted by atomic mass is 10.0. The molecule has 0 bridgehead atoms. The fourth-order valence-electron chi connectivity index (χ4n) is 3.08. The molecule has 1 heterocycles. The van der Waals surface area contributed by atoms with Crippen molar-refractivity contribution < 1.29 is 28.6 Å². The SMILES string of the molecule is O=C(O)CCCC(=O)Nc1cc(Oc2ccc(CC(=O)Cc3ccc(F)cc3)cc2)ccn1. The minimum Gasteiger partial charge on any atom is -0.481 e. The molecule has 0 fully saturated rings. The predicted molar refractivity (Wildman–Crippen MR) is 120 cm³/mol. The van der Waals surface area contributed by atoms with E-state index in [1.54, 1.807) is 48.5 Å². The monoisotopic (exact) mass is 450 g/mol. The van der Waals surface area contributed by atoms with Crippen molar-refractivity contribution in [2.75, 3.05) is 5.32 Å². The molecular weight excluding hydrogens is 427 g/mol. The van der Waals surface area contributed by atoms with Gasteiger partial charge in [0.15, 0.2) is 0 Å². The van der Waals surface area contributed by atoms with Gasteiger partial charge in [-0.05, 0) is 47.9 Å². The van der Waals surface area contributed by atoms with Crippen molar-refractivity contribution in [3.05, 3.63) is 83.8 Å². The quantitative estimate of drug-likeness (QED) is 0.444. The molecule has 170 valence electrons. The smallest absolute Gasteiger partial charge is 0.303 e. The van der Waals surface area contributed by atoms with Crippen molar-refractivity contribution >= 4 is 23.5 Å². The van der Waals surface area contributed by atoms with Gasteiger partial charge < -0.3 is 15.2 Å². The highest BCUT2D eigenvalue weighted by atomic mass is 19.1. The summed E-state index contributed by atoms with van der Waals surface area (Å²) in [5.41, 5.74) is 1.60. The molecule has 3 aromatic rings. The molecule has 0 saturated heterocycles. The fraction of sp³-hybridized carbons (Fsp3) is 0.200. The Morgan fingerprint density at radius 1 is 0.879 bits per heavy atom. The summed E-state index contributed by atoms with van der Waals surface area (Å²) in [5.74, 6) is -0.263. The van der Waals surface area contributed by atoms with Gasteiger partial charge in [0.25, 0.3) is 0 Å². The Morgan fingerprint density at radius 2 is 1.52 bits per heavy atom. The van der Waals surface area contributed by atoms with Crippen LogP contribution in [-0.2, 0) is 27.2 Å². The molecule has 8 heteroatoms. The van der Waals surface area contributed by atoms with E-state index in [2.05, 4.69) is 10.3 Å².